The highest BCUT2D eigenvalue weighted by molar-refractivity contribution is 6.58. The van der Waals surface area contributed by atoms with Gasteiger partial charge in [0.05, 0.1) is 6.21 Å². The number of hydrogen-bond acceptors (Lipinski definition) is 4. The Kier molecular flexibility index (Phi) is 2.84. The van der Waals surface area contributed by atoms with Crippen molar-refractivity contribution in [2.45, 2.75) is 0 Å². The molecule has 0 aliphatic heterocycles. The predicted molar refractivity (Wildman–Crippen MR) is 45.6 cm³/mol. The topological polar surface area (TPSA) is 73.1 Å². The van der Waals surface area contributed by atoms with Crippen LogP contribution in [0.1, 0.15) is 5.56 Å². The maximum absolute atomic E-state index is 8.72. The molecule has 0 bridgehead atoms. The average Bonchev–Trinajstić information content (AvgIpc) is 2.06. The lowest BCUT2D eigenvalue weighted by Gasteiger charge is -1.97. The van der Waals surface area contributed by atoms with E-state index in [1.165, 1.54) is 6.21 Å². The lowest BCUT2D eigenvalue weighted by atomic mass is 9.80. The van der Waals surface area contributed by atoms with Crippen LogP contribution in [0.3, 0.4) is 0 Å². The Bertz CT molecular complexity index is 270. The van der Waals surface area contributed by atoms with E-state index in [1.54, 1.807) is 24.3 Å². The van der Waals surface area contributed by atoms with Crippen LogP contribution in [0.25, 0.3) is 0 Å². The van der Waals surface area contributed by atoms with Crippen molar-refractivity contribution in [2.24, 2.45) is 5.16 Å². The summed E-state index contributed by atoms with van der Waals surface area (Å²) in [7, 11) is -1.45. The van der Waals surface area contributed by atoms with E-state index in [0.717, 1.165) is 0 Å². The maximum Gasteiger partial charge on any atom is 0.488 e. The van der Waals surface area contributed by atoms with Crippen LogP contribution in [0.2, 0.25) is 0 Å². The molecule has 0 unspecified atom stereocenters. The molecule has 0 saturated heterocycles. The van der Waals surface area contributed by atoms with E-state index < -0.39 is 7.12 Å². The summed E-state index contributed by atoms with van der Waals surface area (Å²) in [5, 5.41) is 28.4. The van der Waals surface area contributed by atoms with Gasteiger partial charge in [-0.2, -0.15) is 0 Å². The Morgan fingerprint density at radius 2 is 1.75 bits per heavy atom. The molecule has 0 saturated carbocycles. The Morgan fingerprint density at radius 1 is 1.17 bits per heavy atom. The summed E-state index contributed by atoms with van der Waals surface area (Å²) in [6.45, 7) is 0. The monoisotopic (exact) mass is 165 g/mol. The Labute approximate surface area is 69.9 Å². The third kappa shape index (κ3) is 2.08. The molecule has 0 spiro atoms. The second-order valence-corrected chi connectivity index (χ2v) is 2.28. The van der Waals surface area contributed by atoms with E-state index in [-0.39, 0.29) is 0 Å². The van der Waals surface area contributed by atoms with Gasteiger partial charge < -0.3 is 15.3 Å². The number of hydrogen-bond donors (Lipinski definition) is 3. The van der Waals surface area contributed by atoms with E-state index in [4.69, 9.17) is 15.3 Å². The Hall–Kier alpha value is -1.33. The van der Waals surface area contributed by atoms with E-state index in [0.29, 0.717) is 11.0 Å². The molecule has 0 radical (unpaired) electrons. The molecule has 1 aromatic carbocycles. The number of rotatable bonds is 2. The quantitative estimate of drug-likeness (QED) is 0.232. The molecular formula is C7H8BNO3. The SMILES string of the molecule is O/N=C\c1ccc(B(O)O)cc1. The first kappa shape index (κ1) is 8.77. The highest BCUT2D eigenvalue weighted by Crippen LogP contribution is 1.92. The van der Waals surface area contributed by atoms with Crippen LogP contribution in [0.5, 0.6) is 0 Å². The molecule has 0 heterocycles. The first-order valence-corrected chi connectivity index (χ1v) is 3.37. The molecule has 62 valence electrons. The van der Waals surface area contributed by atoms with Crippen molar-refractivity contribution in [3.63, 3.8) is 0 Å². The van der Waals surface area contributed by atoms with Gasteiger partial charge in [-0.25, -0.2) is 0 Å². The minimum absolute atomic E-state index is 0.407. The molecule has 0 aliphatic rings. The van der Waals surface area contributed by atoms with Gasteiger partial charge in [-0.15, -0.1) is 0 Å². The third-order valence-electron chi connectivity index (χ3n) is 1.44. The van der Waals surface area contributed by atoms with Gasteiger partial charge in [0.15, 0.2) is 0 Å². The Morgan fingerprint density at radius 3 is 2.17 bits per heavy atom. The summed E-state index contributed by atoms with van der Waals surface area (Å²) in [5.41, 5.74) is 1.10. The second kappa shape index (κ2) is 3.89. The van der Waals surface area contributed by atoms with Gasteiger partial charge in [-0.05, 0) is 11.0 Å². The standard InChI is InChI=1S/C7H8BNO3/c10-8(11)7-3-1-6(2-4-7)5-9-12/h1-5,10-12H/b9-5-. The molecule has 4 nitrogen and oxygen atoms in total. The molecule has 3 N–H and O–H groups in total. The highest BCUT2D eigenvalue weighted by atomic mass is 16.4. The maximum atomic E-state index is 8.72. The predicted octanol–water partition coefficient (Wildman–Crippen LogP) is -0.826. The van der Waals surface area contributed by atoms with Crippen LogP contribution in [0.15, 0.2) is 29.4 Å². The van der Waals surface area contributed by atoms with Crippen LogP contribution in [-0.2, 0) is 0 Å². The molecule has 0 fully saturated rings. The van der Waals surface area contributed by atoms with Crippen molar-refractivity contribution in [3.05, 3.63) is 29.8 Å². The number of benzene rings is 1. The van der Waals surface area contributed by atoms with E-state index in [1.807, 2.05) is 0 Å². The summed E-state index contributed by atoms with van der Waals surface area (Å²) >= 11 is 0. The van der Waals surface area contributed by atoms with E-state index in [2.05, 4.69) is 5.16 Å². The van der Waals surface area contributed by atoms with Crippen LogP contribution in [0, 0.1) is 0 Å². The molecule has 0 atom stereocenters. The zero-order chi connectivity index (χ0) is 8.97. The number of oxime groups is 1. The zero-order valence-electron chi connectivity index (χ0n) is 6.25. The van der Waals surface area contributed by atoms with Crippen LogP contribution in [0.4, 0.5) is 0 Å². The van der Waals surface area contributed by atoms with E-state index >= 15 is 0 Å². The van der Waals surface area contributed by atoms with E-state index in [9.17, 15) is 0 Å². The normalized spacial score (nSPS) is 10.5. The third-order valence-corrected chi connectivity index (χ3v) is 1.44. The average molecular weight is 165 g/mol. The molecule has 5 heteroatoms. The first-order chi connectivity index (χ1) is 5.74. The summed E-state index contributed by atoms with van der Waals surface area (Å²) in [6, 6.07) is 6.33. The van der Waals surface area contributed by atoms with Gasteiger partial charge in [0.1, 0.15) is 0 Å². The zero-order valence-corrected chi connectivity index (χ0v) is 6.25. The lowest BCUT2D eigenvalue weighted by Crippen LogP contribution is -2.29. The van der Waals surface area contributed by atoms with Crippen LogP contribution >= 0.6 is 0 Å². The fraction of sp³-hybridized carbons (Fsp3) is 0. The van der Waals surface area contributed by atoms with Crippen molar-refractivity contribution < 1.29 is 15.3 Å². The minimum Gasteiger partial charge on any atom is -0.423 e. The molecule has 1 rings (SSSR count). The largest absolute Gasteiger partial charge is 0.488 e. The molecule has 12 heavy (non-hydrogen) atoms. The molecular weight excluding hydrogens is 157 g/mol. The van der Waals surface area contributed by atoms with Crippen molar-refractivity contribution in [3.8, 4) is 0 Å². The van der Waals surface area contributed by atoms with Gasteiger partial charge in [-0.1, -0.05) is 29.4 Å². The van der Waals surface area contributed by atoms with Gasteiger partial charge in [0.25, 0.3) is 0 Å². The summed E-state index contributed by atoms with van der Waals surface area (Å²) in [5.74, 6) is 0. The fourth-order valence-electron chi connectivity index (χ4n) is 0.821. The van der Waals surface area contributed by atoms with Gasteiger partial charge in [0.2, 0.25) is 0 Å². The smallest absolute Gasteiger partial charge is 0.423 e. The number of nitrogens with zero attached hydrogens (tertiary/aromatic N) is 1. The lowest BCUT2D eigenvalue weighted by molar-refractivity contribution is 0.322. The Balaban J connectivity index is 2.85. The molecule has 0 aromatic heterocycles. The van der Waals surface area contributed by atoms with Crippen molar-refractivity contribution in [2.75, 3.05) is 0 Å². The van der Waals surface area contributed by atoms with Gasteiger partial charge in [-0.3, -0.25) is 0 Å². The van der Waals surface area contributed by atoms with Gasteiger partial charge in [0, 0.05) is 0 Å². The summed E-state index contributed by atoms with van der Waals surface area (Å²) < 4.78 is 0. The minimum atomic E-state index is -1.45. The van der Waals surface area contributed by atoms with Crippen LogP contribution < -0.4 is 5.46 Å². The summed E-state index contributed by atoms with van der Waals surface area (Å²) in [4.78, 5) is 0. The fourth-order valence-corrected chi connectivity index (χ4v) is 0.821. The van der Waals surface area contributed by atoms with Crippen molar-refractivity contribution in [1.29, 1.82) is 0 Å². The molecule has 1 aromatic rings. The second-order valence-electron chi connectivity index (χ2n) is 2.28. The van der Waals surface area contributed by atoms with Crippen molar-refractivity contribution in [1.82, 2.24) is 0 Å². The van der Waals surface area contributed by atoms with Crippen molar-refractivity contribution >= 4 is 18.8 Å². The van der Waals surface area contributed by atoms with Crippen LogP contribution in [-0.4, -0.2) is 28.6 Å². The summed E-state index contributed by atoms with van der Waals surface area (Å²) in [6.07, 6.45) is 1.26. The first-order valence-electron chi connectivity index (χ1n) is 3.37. The molecule has 0 amide bonds. The highest BCUT2D eigenvalue weighted by Gasteiger charge is 2.08. The molecule has 0 aliphatic carbocycles. The van der Waals surface area contributed by atoms with Gasteiger partial charge >= 0.3 is 7.12 Å².